The minimum absolute atomic E-state index is 0.0169. The number of anilines is 1. The molecule has 0 N–H and O–H groups in total. The number of carbonyl (C=O) groups is 1. The van der Waals surface area contributed by atoms with Gasteiger partial charge in [-0.25, -0.2) is 0 Å². The second-order valence-corrected chi connectivity index (χ2v) is 9.01. The Morgan fingerprint density at radius 2 is 1.76 bits per heavy atom. The molecule has 0 saturated carbocycles. The van der Waals surface area contributed by atoms with Gasteiger partial charge in [0.15, 0.2) is 11.0 Å². The van der Waals surface area contributed by atoms with Crippen molar-refractivity contribution >= 4 is 23.4 Å². The average Bonchev–Trinajstić information content (AvgIpc) is 3.25. The lowest BCUT2D eigenvalue weighted by molar-refractivity contribution is -0.137. The van der Waals surface area contributed by atoms with Crippen LogP contribution in [0.4, 0.5) is 18.9 Å². The summed E-state index contributed by atoms with van der Waals surface area (Å²) in [5, 5.41) is 9.35. The molecule has 10 heteroatoms. The molecular weight excluding hydrogens is 463 g/mol. The van der Waals surface area contributed by atoms with Crippen molar-refractivity contribution in [1.82, 2.24) is 19.7 Å². The van der Waals surface area contributed by atoms with Gasteiger partial charge in [0.1, 0.15) is 0 Å². The van der Waals surface area contributed by atoms with Crippen molar-refractivity contribution in [3.8, 4) is 11.4 Å². The molecule has 2 aromatic carbocycles. The Morgan fingerprint density at radius 1 is 1.03 bits per heavy atom. The Balaban J connectivity index is 1.35. The van der Waals surface area contributed by atoms with Gasteiger partial charge in [0.2, 0.25) is 5.91 Å². The van der Waals surface area contributed by atoms with Crippen LogP contribution in [-0.2, 0) is 17.5 Å². The van der Waals surface area contributed by atoms with Gasteiger partial charge in [-0.3, -0.25) is 4.79 Å². The summed E-state index contributed by atoms with van der Waals surface area (Å²) in [5.41, 5.74) is 1.98. The van der Waals surface area contributed by atoms with Gasteiger partial charge in [-0.15, -0.1) is 10.2 Å². The van der Waals surface area contributed by atoms with Crippen molar-refractivity contribution in [2.75, 3.05) is 36.8 Å². The van der Waals surface area contributed by atoms with Crippen LogP contribution >= 0.6 is 11.8 Å². The number of aryl methyl sites for hydroxylation is 1. The Bertz CT molecular complexity index is 1160. The fraction of sp³-hybridized carbons (Fsp3) is 0.375. The summed E-state index contributed by atoms with van der Waals surface area (Å²) in [6.45, 7) is 6.63. The molecule has 180 valence electrons. The lowest BCUT2D eigenvalue weighted by Gasteiger charge is -2.36. The van der Waals surface area contributed by atoms with Crippen LogP contribution in [0.1, 0.15) is 18.1 Å². The standard InChI is InChI=1S/C24H26F3N5OS/c1-3-32-22(20-10-5-4-7-17(20)2)28-29-23(32)34-16-21(33)31-13-11-30(12-14-31)19-9-6-8-18(15-19)24(25,26)27/h4-10,15H,3,11-14,16H2,1-2H3. The second-order valence-electron chi connectivity index (χ2n) is 8.07. The maximum atomic E-state index is 13.0. The van der Waals surface area contributed by atoms with E-state index in [9.17, 15) is 18.0 Å². The molecule has 1 aliphatic heterocycles. The van der Waals surface area contributed by atoms with E-state index in [1.165, 1.54) is 17.8 Å². The number of halogens is 3. The zero-order valence-electron chi connectivity index (χ0n) is 19.0. The third-order valence-electron chi connectivity index (χ3n) is 5.91. The Labute approximate surface area is 200 Å². The van der Waals surface area contributed by atoms with Gasteiger partial charge in [0, 0.05) is 44.0 Å². The summed E-state index contributed by atoms with van der Waals surface area (Å²) in [5.74, 6) is 0.997. The fourth-order valence-corrected chi connectivity index (χ4v) is 4.92. The van der Waals surface area contributed by atoms with Gasteiger partial charge in [-0.2, -0.15) is 13.2 Å². The summed E-state index contributed by atoms with van der Waals surface area (Å²) in [7, 11) is 0. The molecule has 0 bridgehead atoms. The Kier molecular flexibility index (Phi) is 7.16. The van der Waals surface area contributed by atoms with E-state index in [4.69, 9.17) is 0 Å². The highest BCUT2D eigenvalue weighted by Crippen LogP contribution is 2.32. The number of rotatable bonds is 6. The zero-order chi connectivity index (χ0) is 24.3. The van der Waals surface area contributed by atoms with Gasteiger partial charge >= 0.3 is 6.18 Å². The predicted octanol–water partition coefficient (Wildman–Crippen LogP) is 4.73. The van der Waals surface area contributed by atoms with Crippen molar-refractivity contribution in [2.45, 2.75) is 31.7 Å². The number of thioether (sulfide) groups is 1. The molecule has 1 fully saturated rings. The highest BCUT2D eigenvalue weighted by atomic mass is 32.2. The van der Waals surface area contributed by atoms with Gasteiger partial charge < -0.3 is 14.4 Å². The van der Waals surface area contributed by atoms with E-state index in [2.05, 4.69) is 10.2 Å². The summed E-state index contributed by atoms with van der Waals surface area (Å²) < 4.78 is 41.0. The van der Waals surface area contributed by atoms with E-state index in [1.807, 2.05) is 47.6 Å². The van der Waals surface area contributed by atoms with Crippen molar-refractivity contribution in [1.29, 1.82) is 0 Å². The summed E-state index contributed by atoms with van der Waals surface area (Å²) in [4.78, 5) is 16.5. The molecule has 1 aliphatic rings. The molecule has 0 spiro atoms. The molecule has 1 aromatic heterocycles. The van der Waals surface area contributed by atoms with Gasteiger partial charge in [-0.05, 0) is 37.6 Å². The van der Waals surface area contributed by atoms with Gasteiger partial charge in [0.25, 0.3) is 0 Å². The fourth-order valence-electron chi connectivity index (χ4n) is 4.01. The number of hydrogen-bond donors (Lipinski definition) is 0. The number of piperazine rings is 1. The minimum atomic E-state index is -4.37. The molecule has 34 heavy (non-hydrogen) atoms. The maximum absolute atomic E-state index is 13.0. The average molecular weight is 490 g/mol. The molecule has 1 amide bonds. The van der Waals surface area contributed by atoms with E-state index in [0.717, 1.165) is 29.1 Å². The van der Waals surface area contributed by atoms with Crippen molar-refractivity contribution < 1.29 is 18.0 Å². The summed E-state index contributed by atoms with van der Waals surface area (Å²) in [6, 6.07) is 13.3. The molecular formula is C24H26F3N5OS. The Hall–Kier alpha value is -3.01. The normalized spacial score (nSPS) is 14.5. The highest BCUT2D eigenvalue weighted by Gasteiger charge is 2.31. The largest absolute Gasteiger partial charge is 0.416 e. The summed E-state index contributed by atoms with van der Waals surface area (Å²) in [6.07, 6.45) is -4.37. The van der Waals surface area contributed by atoms with Gasteiger partial charge in [0.05, 0.1) is 11.3 Å². The minimum Gasteiger partial charge on any atom is -0.368 e. The van der Waals surface area contributed by atoms with Crippen molar-refractivity contribution in [3.63, 3.8) is 0 Å². The highest BCUT2D eigenvalue weighted by molar-refractivity contribution is 7.99. The summed E-state index contributed by atoms with van der Waals surface area (Å²) >= 11 is 1.36. The number of hydrogen-bond acceptors (Lipinski definition) is 5. The van der Waals surface area contributed by atoms with Gasteiger partial charge in [-0.1, -0.05) is 42.1 Å². The van der Waals surface area contributed by atoms with Crippen LogP contribution in [0.15, 0.2) is 53.7 Å². The van der Waals surface area contributed by atoms with Crippen LogP contribution < -0.4 is 4.90 Å². The zero-order valence-corrected chi connectivity index (χ0v) is 19.9. The number of nitrogens with zero attached hydrogens (tertiary/aromatic N) is 5. The first-order valence-electron chi connectivity index (χ1n) is 11.1. The molecule has 2 heterocycles. The van der Waals surface area contributed by atoms with Crippen LogP contribution in [0.3, 0.4) is 0 Å². The molecule has 0 atom stereocenters. The van der Waals surface area contributed by atoms with Crippen LogP contribution in [-0.4, -0.2) is 57.5 Å². The molecule has 4 rings (SSSR count). The molecule has 0 unspecified atom stereocenters. The SMILES string of the molecule is CCn1c(SCC(=O)N2CCN(c3cccc(C(F)(F)F)c3)CC2)nnc1-c1ccccc1C. The third kappa shape index (κ3) is 5.22. The quantitative estimate of drug-likeness (QED) is 0.469. The van der Waals surface area contributed by atoms with E-state index in [1.54, 1.807) is 11.0 Å². The van der Waals surface area contributed by atoms with E-state index in [-0.39, 0.29) is 11.7 Å². The van der Waals surface area contributed by atoms with Crippen LogP contribution in [0, 0.1) is 6.92 Å². The molecule has 0 aliphatic carbocycles. The number of amides is 1. The lowest BCUT2D eigenvalue weighted by atomic mass is 10.1. The van der Waals surface area contributed by atoms with Crippen LogP contribution in [0.2, 0.25) is 0 Å². The number of aromatic nitrogens is 3. The Morgan fingerprint density at radius 3 is 2.44 bits per heavy atom. The smallest absolute Gasteiger partial charge is 0.368 e. The predicted molar refractivity (Wildman–Crippen MR) is 127 cm³/mol. The maximum Gasteiger partial charge on any atom is 0.416 e. The number of alkyl halides is 3. The second kappa shape index (κ2) is 10.1. The molecule has 1 saturated heterocycles. The lowest BCUT2D eigenvalue weighted by Crippen LogP contribution is -2.49. The van der Waals surface area contributed by atoms with E-state index in [0.29, 0.717) is 43.6 Å². The van der Waals surface area contributed by atoms with Crippen molar-refractivity contribution in [3.05, 3.63) is 59.7 Å². The molecule has 0 radical (unpaired) electrons. The van der Waals surface area contributed by atoms with Crippen LogP contribution in [0.5, 0.6) is 0 Å². The third-order valence-corrected chi connectivity index (χ3v) is 6.87. The molecule has 3 aromatic rings. The van der Waals surface area contributed by atoms with E-state index >= 15 is 0 Å². The first-order chi connectivity index (χ1) is 16.3. The monoisotopic (exact) mass is 489 g/mol. The first-order valence-corrected chi connectivity index (χ1v) is 12.1. The number of benzene rings is 2. The van der Waals surface area contributed by atoms with E-state index < -0.39 is 11.7 Å². The topological polar surface area (TPSA) is 54.3 Å². The first kappa shape index (κ1) is 24.1. The van der Waals surface area contributed by atoms with Crippen molar-refractivity contribution in [2.24, 2.45) is 0 Å². The van der Waals surface area contributed by atoms with Crippen LogP contribution in [0.25, 0.3) is 11.4 Å². The molecule has 6 nitrogen and oxygen atoms in total. The number of carbonyl (C=O) groups excluding carboxylic acids is 1.